The third kappa shape index (κ3) is 7.87. The van der Waals surface area contributed by atoms with E-state index < -0.39 is 22.0 Å². The van der Waals surface area contributed by atoms with Crippen LogP contribution in [-0.4, -0.2) is 56.6 Å². The molecule has 0 aliphatic carbocycles. The lowest BCUT2D eigenvalue weighted by molar-refractivity contribution is -0.139. The van der Waals surface area contributed by atoms with E-state index in [-0.39, 0.29) is 18.5 Å². The van der Waals surface area contributed by atoms with Crippen LogP contribution in [-0.2, 0) is 26.0 Å². The van der Waals surface area contributed by atoms with Crippen LogP contribution in [0.4, 0.5) is 5.69 Å². The van der Waals surface area contributed by atoms with E-state index in [1.165, 1.54) is 4.90 Å². The molecule has 2 aromatic carbocycles. The van der Waals surface area contributed by atoms with Crippen LogP contribution < -0.4 is 9.62 Å². The van der Waals surface area contributed by atoms with Crippen LogP contribution in [0, 0.1) is 13.8 Å². The van der Waals surface area contributed by atoms with Gasteiger partial charge >= 0.3 is 0 Å². The van der Waals surface area contributed by atoms with Crippen molar-refractivity contribution in [3.05, 3.63) is 65.2 Å². The summed E-state index contributed by atoms with van der Waals surface area (Å²) in [4.78, 5) is 28.1. The largest absolute Gasteiger partial charge is 0.352 e. The lowest BCUT2D eigenvalue weighted by Gasteiger charge is -2.33. The fourth-order valence-corrected chi connectivity index (χ4v) is 4.82. The summed E-state index contributed by atoms with van der Waals surface area (Å²) in [7, 11) is -3.73. The first-order chi connectivity index (χ1) is 15.9. The molecule has 0 saturated carbocycles. The molecular weight excluding hydrogens is 450 g/mol. The van der Waals surface area contributed by atoms with Crippen molar-refractivity contribution in [1.82, 2.24) is 10.2 Å². The molecule has 2 rings (SSSR count). The molecule has 1 unspecified atom stereocenters. The molecule has 0 heterocycles. The van der Waals surface area contributed by atoms with E-state index in [2.05, 4.69) is 5.32 Å². The highest BCUT2D eigenvalue weighted by Gasteiger charge is 2.31. The maximum atomic E-state index is 13.6. The Kier molecular flexibility index (Phi) is 9.67. The molecule has 1 N–H and O–H groups in total. The second-order valence-electron chi connectivity index (χ2n) is 9.03. The monoisotopic (exact) mass is 487 g/mol. The summed E-state index contributed by atoms with van der Waals surface area (Å²) in [5, 5.41) is 2.89. The van der Waals surface area contributed by atoms with Gasteiger partial charge in [0.15, 0.2) is 0 Å². The molecule has 7 nitrogen and oxygen atoms in total. The van der Waals surface area contributed by atoms with Crippen LogP contribution in [0.5, 0.6) is 0 Å². The maximum absolute atomic E-state index is 13.6. The van der Waals surface area contributed by atoms with E-state index in [1.54, 1.807) is 12.1 Å². The van der Waals surface area contributed by atoms with Crippen LogP contribution in [0.3, 0.4) is 0 Å². The number of rotatable bonds is 11. The van der Waals surface area contributed by atoms with E-state index in [0.717, 1.165) is 27.3 Å². The fraction of sp³-hybridized carbons (Fsp3) is 0.462. The predicted molar refractivity (Wildman–Crippen MR) is 137 cm³/mol. The number of sulfonamides is 1. The summed E-state index contributed by atoms with van der Waals surface area (Å²) in [5.74, 6) is -0.650. The van der Waals surface area contributed by atoms with Gasteiger partial charge in [0.1, 0.15) is 12.6 Å². The minimum absolute atomic E-state index is 0.0737. The van der Waals surface area contributed by atoms with Gasteiger partial charge in [-0.2, -0.15) is 0 Å². The summed E-state index contributed by atoms with van der Waals surface area (Å²) in [6.45, 7) is 9.28. The normalized spacial score (nSPS) is 12.3. The van der Waals surface area contributed by atoms with Gasteiger partial charge < -0.3 is 10.2 Å². The van der Waals surface area contributed by atoms with Crippen molar-refractivity contribution in [2.75, 3.05) is 23.7 Å². The second kappa shape index (κ2) is 12.0. The smallest absolute Gasteiger partial charge is 0.244 e. The lowest BCUT2D eigenvalue weighted by Crippen LogP contribution is -2.54. The van der Waals surface area contributed by atoms with Gasteiger partial charge in [-0.15, -0.1) is 0 Å². The topological polar surface area (TPSA) is 86.8 Å². The Balaban J connectivity index is 2.39. The van der Waals surface area contributed by atoms with Crippen molar-refractivity contribution in [1.29, 1.82) is 0 Å². The summed E-state index contributed by atoms with van der Waals surface area (Å²) in [5.41, 5.74) is 3.28. The fourth-order valence-electron chi connectivity index (χ4n) is 3.98. The highest BCUT2D eigenvalue weighted by atomic mass is 32.2. The Labute approximate surface area is 204 Å². The first-order valence-corrected chi connectivity index (χ1v) is 13.5. The van der Waals surface area contributed by atoms with Gasteiger partial charge in [-0.3, -0.25) is 13.9 Å². The molecule has 2 aromatic rings. The number of hydrogen-bond donors (Lipinski definition) is 1. The Hall–Kier alpha value is -2.87. The minimum atomic E-state index is -3.73. The zero-order chi connectivity index (χ0) is 25.5. The average Bonchev–Trinajstić information content (AvgIpc) is 2.73. The van der Waals surface area contributed by atoms with Gasteiger partial charge in [0.25, 0.3) is 0 Å². The second-order valence-corrected chi connectivity index (χ2v) is 10.9. The predicted octanol–water partition coefficient (Wildman–Crippen LogP) is 3.44. The van der Waals surface area contributed by atoms with E-state index in [1.807, 2.05) is 71.0 Å². The molecule has 0 radical (unpaired) electrons. The molecule has 8 heteroatoms. The van der Waals surface area contributed by atoms with Crippen LogP contribution >= 0.6 is 0 Å². The number of benzene rings is 2. The quantitative estimate of drug-likeness (QED) is 0.526. The van der Waals surface area contributed by atoms with Gasteiger partial charge in [-0.05, 0) is 69.4 Å². The van der Waals surface area contributed by atoms with Crippen LogP contribution in [0.15, 0.2) is 48.5 Å². The van der Waals surface area contributed by atoms with Crippen molar-refractivity contribution in [2.45, 2.75) is 59.5 Å². The highest BCUT2D eigenvalue weighted by Crippen LogP contribution is 2.22. The number of hydrogen-bond acceptors (Lipinski definition) is 4. The van der Waals surface area contributed by atoms with Crippen molar-refractivity contribution in [3.63, 3.8) is 0 Å². The number of nitrogens with zero attached hydrogens (tertiary/aromatic N) is 2. The van der Waals surface area contributed by atoms with Crippen LogP contribution in [0.2, 0.25) is 0 Å². The molecular formula is C26H37N3O4S. The van der Waals surface area contributed by atoms with E-state index in [0.29, 0.717) is 25.1 Å². The van der Waals surface area contributed by atoms with Crippen molar-refractivity contribution in [2.24, 2.45) is 0 Å². The third-order valence-electron chi connectivity index (χ3n) is 5.47. The minimum Gasteiger partial charge on any atom is -0.352 e. The first kappa shape index (κ1) is 27.4. The number of carbonyl (C=O) groups excluding carboxylic acids is 2. The Morgan fingerprint density at radius 3 is 2.09 bits per heavy atom. The molecule has 34 heavy (non-hydrogen) atoms. The third-order valence-corrected chi connectivity index (χ3v) is 6.62. The molecule has 0 aliphatic heterocycles. The van der Waals surface area contributed by atoms with E-state index >= 15 is 0 Å². The summed E-state index contributed by atoms with van der Waals surface area (Å²) in [6, 6.07) is 14.4. The number of aryl methyl sites for hydroxylation is 2. The molecule has 0 spiro atoms. The molecule has 0 aromatic heterocycles. The van der Waals surface area contributed by atoms with Crippen molar-refractivity contribution >= 4 is 27.5 Å². The van der Waals surface area contributed by atoms with Gasteiger partial charge in [-0.25, -0.2) is 8.42 Å². The zero-order valence-corrected chi connectivity index (χ0v) is 21.9. The molecule has 0 saturated heterocycles. The van der Waals surface area contributed by atoms with Crippen LogP contribution in [0.25, 0.3) is 0 Å². The number of carbonyl (C=O) groups is 2. The summed E-state index contributed by atoms with van der Waals surface area (Å²) >= 11 is 0. The summed E-state index contributed by atoms with van der Waals surface area (Å²) < 4.78 is 26.5. The highest BCUT2D eigenvalue weighted by molar-refractivity contribution is 7.92. The van der Waals surface area contributed by atoms with E-state index in [4.69, 9.17) is 0 Å². The summed E-state index contributed by atoms with van der Waals surface area (Å²) in [6.07, 6.45) is 2.07. The van der Waals surface area contributed by atoms with Gasteiger partial charge in [-0.1, -0.05) is 43.3 Å². The molecule has 186 valence electrons. The number of anilines is 1. The SMILES string of the molecule is CCC(C(=O)NC(C)C)N(CCc1ccccc1)C(=O)CN(c1cc(C)cc(C)c1)S(C)(=O)=O. The Bertz CT molecular complexity index is 1060. The van der Waals surface area contributed by atoms with Crippen LogP contribution in [0.1, 0.15) is 43.9 Å². The van der Waals surface area contributed by atoms with Gasteiger partial charge in [0.2, 0.25) is 21.8 Å². The molecule has 0 aliphatic rings. The van der Waals surface area contributed by atoms with Crippen molar-refractivity contribution < 1.29 is 18.0 Å². The van der Waals surface area contributed by atoms with Gasteiger partial charge in [0, 0.05) is 12.6 Å². The van der Waals surface area contributed by atoms with E-state index in [9.17, 15) is 18.0 Å². The maximum Gasteiger partial charge on any atom is 0.244 e. The zero-order valence-electron chi connectivity index (χ0n) is 21.0. The first-order valence-electron chi connectivity index (χ1n) is 11.6. The molecule has 1 atom stereocenters. The Morgan fingerprint density at radius 1 is 1.00 bits per heavy atom. The lowest BCUT2D eigenvalue weighted by atomic mass is 10.1. The van der Waals surface area contributed by atoms with Gasteiger partial charge in [0.05, 0.1) is 11.9 Å². The number of amides is 2. The number of nitrogens with one attached hydrogen (secondary N) is 1. The average molecular weight is 488 g/mol. The molecule has 2 amide bonds. The van der Waals surface area contributed by atoms with Crippen molar-refractivity contribution in [3.8, 4) is 0 Å². The Morgan fingerprint density at radius 2 is 1.59 bits per heavy atom. The standard InChI is InChI=1S/C26H37N3O4S/c1-7-24(26(31)27-19(2)3)28(14-13-22-11-9-8-10-12-22)25(30)18-29(34(6,32)33)23-16-20(4)15-21(5)17-23/h8-12,15-17,19,24H,7,13-14,18H2,1-6H3,(H,27,31). The molecule has 0 fully saturated rings. The molecule has 0 bridgehead atoms.